The minimum Gasteiger partial charge on any atom is -0.488 e. The fourth-order valence-corrected chi connectivity index (χ4v) is 1.79. The van der Waals surface area contributed by atoms with Crippen LogP contribution in [0.3, 0.4) is 0 Å². The average molecular weight is 269 g/mol. The van der Waals surface area contributed by atoms with E-state index in [-0.39, 0.29) is 5.82 Å². The molecule has 3 heteroatoms. The highest BCUT2D eigenvalue weighted by molar-refractivity contribution is 5.46. The lowest BCUT2D eigenvalue weighted by Gasteiger charge is -2.10. The molecule has 0 aliphatic rings. The number of nitrogens with two attached hydrogens (primary N) is 1. The van der Waals surface area contributed by atoms with Crippen molar-refractivity contribution in [2.75, 3.05) is 6.54 Å². The lowest BCUT2D eigenvalue weighted by Crippen LogP contribution is -2.00. The SMILES string of the molecule is Cc1ccc(F)cc1COc1ccccc1C#CCN. The minimum absolute atomic E-state index is 0.259. The zero-order valence-corrected chi connectivity index (χ0v) is 11.3. The Balaban J connectivity index is 2.17. The van der Waals surface area contributed by atoms with Crippen LogP contribution < -0.4 is 10.5 Å². The van der Waals surface area contributed by atoms with Crippen molar-refractivity contribution in [3.8, 4) is 17.6 Å². The van der Waals surface area contributed by atoms with Crippen molar-refractivity contribution in [3.63, 3.8) is 0 Å². The van der Waals surface area contributed by atoms with E-state index in [2.05, 4.69) is 11.8 Å². The Morgan fingerprint density at radius 3 is 2.80 bits per heavy atom. The first-order valence-corrected chi connectivity index (χ1v) is 6.36. The van der Waals surface area contributed by atoms with Gasteiger partial charge in [-0.1, -0.05) is 30.0 Å². The number of para-hydroxylation sites is 1. The van der Waals surface area contributed by atoms with Gasteiger partial charge in [-0.2, -0.15) is 0 Å². The van der Waals surface area contributed by atoms with Gasteiger partial charge in [-0.25, -0.2) is 4.39 Å². The first-order valence-electron chi connectivity index (χ1n) is 6.36. The Bertz CT molecular complexity index is 656. The summed E-state index contributed by atoms with van der Waals surface area (Å²) in [5.41, 5.74) is 7.98. The van der Waals surface area contributed by atoms with Crippen LogP contribution in [0.1, 0.15) is 16.7 Å². The molecule has 2 rings (SSSR count). The first kappa shape index (κ1) is 14.1. The van der Waals surface area contributed by atoms with Crippen LogP contribution in [0.4, 0.5) is 4.39 Å². The third-order valence-electron chi connectivity index (χ3n) is 2.91. The second kappa shape index (κ2) is 6.74. The third-order valence-corrected chi connectivity index (χ3v) is 2.91. The summed E-state index contributed by atoms with van der Waals surface area (Å²) in [6.07, 6.45) is 0. The molecule has 2 nitrogen and oxygen atoms in total. The van der Waals surface area contributed by atoms with Gasteiger partial charge in [-0.05, 0) is 42.3 Å². The van der Waals surface area contributed by atoms with E-state index in [1.54, 1.807) is 6.07 Å². The van der Waals surface area contributed by atoms with Crippen LogP contribution in [-0.4, -0.2) is 6.54 Å². The zero-order valence-electron chi connectivity index (χ0n) is 11.3. The van der Waals surface area contributed by atoms with Crippen LogP contribution >= 0.6 is 0 Å². The first-order chi connectivity index (χ1) is 9.70. The topological polar surface area (TPSA) is 35.2 Å². The minimum atomic E-state index is -0.259. The molecule has 0 saturated carbocycles. The van der Waals surface area contributed by atoms with Crippen LogP contribution in [0.25, 0.3) is 0 Å². The van der Waals surface area contributed by atoms with E-state index in [1.165, 1.54) is 12.1 Å². The summed E-state index contributed by atoms with van der Waals surface area (Å²) in [4.78, 5) is 0. The maximum atomic E-state index is 13.2. The molecule has 0 unspecified atom stereocenters. The van der Waals surface area contributed by atoms with Gasteiger partial charge in [0.2, 0.25) is 0 Å². The molecule has 0 saturated heterocycles. The Labute approximate surface area is 118 Å². The summed E-state index contributed by atoms with van der Waals surface area (Å²) in [6, 6.07) is 12.2. The highest BCUT2D eigenvalue weighted by atomic mass is 19.1. The molecule has 102 valence electrons. The van der Waals surface area contributed by atoms with E-state index in [4.69, 9.17) is 10.5 Å². The molecular weight excluding hydrogens is 253 g/mol. The summed E-state index contributed by atoms with van der Waals surface area (Å²) in [5.74, 6) is 6.18. The van der Waals surface area contributed by atoms with Crippen molar-refractivity contribution >= 4 is 0 Å². The fourth-order valence-electron chi connectivity index (χ4n) is 1.79. The van der Waals surface area contributed by atoms with Crippen molar-refractivity contribution < 1.29 is 9.13 Å². The van der Waals surface area contributed by atoms with Crippen LogP contribution in [0.2, 0.25) is 0 Å². The third kappa shape index (κ3) is 3.59. The van der Waals surface area contributed by atoms with Crippen molar-refractivity contribution in [2.45, 2.75) is 13.5 Å². The van der Waals surface area contributed by atoms with Crippen LogP contribution in [0.5, 0.6) is 5.75 Å². The van der Waals surface area contributed by atoms with Gasteiger partial charge in [0.1, 0.15) is 18.2 Å². The van der Waals surface area contributed by atoms with E-state index in [0.29, 0.717) is 18.9 Å². The van der Waals surface area contributed by atoms with Crippen molar-refractivity contribution in [1.29, 1.82) is 0 Å². The molecule has 0 fully saturated rings. The zero-order chi connectivity index (χ0) is 14.4. The molecule has 0 atom stereocenters. The van der Waals surface area contributed by atoms with Crippen molar-refractivity contribution in [2.24, 2.45) is 5.73 Å². The molecule has 20 heavy (non-hydrogen) atoms. The second-order valence-corrected chi connectivity index (χ2v) is 4.36. The molecule has 0 aromatic heterocycles. The van der Waals surface area contributed by atoms with Gasteiger partial charge in [0.15, 0.2) is 0 Å². The lowest BCUT2D eigenvalue weighted by atomic mass is 10.1. The number of hydrogen-bond acceptors (Lipinski definition) is 2. The van der Waals surface area contributed by atoms with Crippen LogP contribution in [0, 0.1) is 24.6 Å². The highest BCUT2D eigenvalue weighted by Crippen LogP contribution is 2.19. The van der Waals surface area contributed by atoms with E-state index in [1.807, 2.05) is 31.2 Å². The van der Waals surface area contributed by atoms with Crippen molar-refractivity contribution in [3.05, 3.63) is 65.0 Å². The Kier molecular flexibility index (Phi) is 4.75. The predicted octanol–water partition coefficient (Wildman–Crippen LogP) is 3.02. The van der Waals surface area contributed by atoms with E-state index >= 15 is 0 Å². The molecule has 0 radical (unpaired) electrons. The smallest absolute Gasteiger partial charge is 0.135 e. The number of rotatable bonds is 3. The predicted molar refractivity (Wildman–Crippen MR) is 77.8 cm³/mol. The number of benzene rings is 2. The molecule has 0 bridgehead atoms. The fraction of sp³-hybridized carbons (Fsp3) is 0.176. The van der Waals surface area contributed by atoms with Gasteiger partial charge in [0, 0.05) is 0 Å². The molecule has 0 heterocycles. The number of ether oxygens (including phenoxy) is 1. The number of halogens is 1. The standard InChI is InChI=1S/C17H16FNO/c1-13-8-9-16(18)11-15(13)12-20-17-7-3-2-5-14(17)6-4-10-19/h2-3,5,7-9,11H,10,12,19H2,1H3. The quantitative estimate of drug-likeness (QED) is 0.869. The van der Waals surface area contributed by atoms with E-state index in [9.17, 15) is 4.39 Å². The van der Waals surface area contributed by atoms with Gasteiger partial charge < -0.3 is 10.5 Å². The normalized spacial score (nSPS) is 9.75. The van der Waals surface area contributed by atoms with Gasteiger partial charge >= 0.3 is 0 Å². The molecule has 2 aromatic rings. The van der Waals surface area contributed by atoms with Crippen LogP contribution in [0.15, 0.2) is 42.5 Å². The van der Waals surface area contributed by atoms with Gasteiger partial charge in [-0.3, -0.25) is 0 Å². The maximum Gasteiger partial charge on any atom is 0.135 e. The molecule has 0 spiro atoms. The summed E-state index contributed by atoms with van der Waals surface area (Å²) in [7, 11) is 0. The number of aryl methyl sites for hydroxylation is 1. The van der Waals surface area contributed by atoms with Gasteiger partial charge in [-0.15, -0.1) is 0 Å². The lowest BCUT2D eigenvalue weighted by molar-refractivity contribution is 0.304. The molecule has 2 aromatic carbocycles. The second-order valence-electron chi connectivity index (χ2n) is 4.36. The highest BCUT2D eigenvalue weighted by Gasteiger charge is 2.04. The number of hydrogen-bond donors (Lipinski definition) is 1. The van der Waals surface area contributed by atoms with Crippen molar-refractivity contribution in [1.82, 2.24) is 0 Å². The van der Waals surface area contributed by atoms with E-state index < -0.39 is 0 Å². The summed E-state index contributed by atoms with van der Waals surface area (Å²) >= 11 is 0. The summed E-state index contributed by atoms with van der Waals surface area (Å²) in [6.45, 7) is 2.54. The average Bonchev–Trinajstić information content (AvgIpc) is 2.47. The molecule has 2 N–H and O–H groups in total. The maximum absolute atomic E-state index is 13.2. The summed E-state index contributed by atoms with van der Waals surface area (Å²) < 4.78 is 19.0. The van der Waals surface area contributed by atoms with Gasteiger partial charge in [0.25, 0.3) is 0 Å². The molecule has 0 aliphatic heterocycles. The van der Waals surface area contributed by atoms with Crippen LogP contribution in [-0.2, 0) is 6.61 Å². The Morgan fingerprint density at radius 1 is 1.20 bits per heavy atom. The molecular formula is C17H16FNO. The Morgan fingerprint density at radius 2 is 2.00 bits per heavy atom. The monoisotopic (exact) mass is 269 g/mol. The molecule has 0 amide bonds. The Hall–Kier alpha value is -2.31. The largest absolute Gasteiger partial charge is 0.488 e. The molecule has 0 aliphatic carbocycles. The summed E-state index contributed by atoms with van der Waals surface area (Å²) in [5, 5.41) is 0. The van der Waals surface area contributed by atoms with E-state index in [0.717, 1.165) is 16.7 Å². The van der Waals surface area contributed by atoms with Gasteiger partial charge in [0.05, 0.1) is 12.1 Å².